The van der Waals surface area contributed by atoms with Gasteiger partial charge in [0.15, 0.2) is 0 Å². The zero-order chi connectivity index (χ0) is 15.9. The summed E-state index contributed by atoms with van der Waals surface area (Å²) in [4.78, 5) is 2.56. The van der Waals surface area contributed by atoms with Crippen LogP contribution in [0.4, 0.5) is 0 Å². The highest BCUT2D eigenvalue weighted by Gasteiger charge is 2.25. The van der Waals surface area contributed by atoms with E-state index in [1.54, 1.807) is 0 Å². The fourth-order valence-electron chi connectivity index (χ4n) is 2.49. The van der Waals surface area contributed by atoms with E-state index in [1.807, 2.05) is 0 Å². The minimum atomic E-state index is -3.67. The minimum absolute atomic E-state index is 0.640. The lowest BCUT2D eigenvalue weighted by Crippen LogP contribution is -2.32. The van der Waals surface area contributed by atoms with Gasteiger partial charge in [-0.1, -0.05) is 30.3 Å². The standard InChI is InChI=1S/C14H22N2.CH4O3S/c1-12(15-2)14-8-9-16(11-14)10-13-6-4-3-5-7-13;1-5(2,3)4/h3-7,12,14-15H,8-11H2,1-2H3;1H3,(H,2,3,4)/t12-,14-;/m0./s1. The molecule has 6 heteroatoms. The molecule has 1 aliphatic rings. The minimum Gasteiger partial charge on any atom is -0.317 e. The van der Waals surface area contributed by atoms with Crippen LogP contribution >= 0.6 is 0 Å². The van der Waals surface area contributed by atoms with E-state index in [4.69, 9.17) is 4.55 Å². The normalized spacial score (nSPS) is 20.7. The summed E-state index contributed by atoms with van der Waals surface area (Å²) < 4.78 is 25.9. The first kappa shape index (κ1) is 18.1. The maximum absolute atomic E-state index is 9.19. The summed E-state index contributed by atoms with van der Waals surface area (Å²) in [5.41, 5.74) is 1.43. The Balaban J connectivity index is 0.000000383. The lowest BCUT2D eigenvalue weighted by Gasteiger charge is -2.20. The Hall–Kier alpha value is -0.950. The maximum Gasteiger partial charge on any atom is 0.261 e. The number of likely N-dealkylation sites (tertiary alicyclic amines) is 1. The van der Waals surface area contributed by atoms with Crippen LogP contribution in [0, 0.1) is 5.92 Å². The summed E-state index contributed by atoms with van der Waals surface area (Å²) in [6.07, 6.45) is 2.04. The third-order valence-corrected chi connectivity index (χ3v) is 3.72. The topological polar surface area (TPSA) is 69.6 Å². The van der Waals surface area contributed by atoms with Crippen LogP contribution in [0.5, 0.6) is 0 Å². The molecule has 1 fully saturated rings. The Morgan fingerprint density at radius 2 is 1.95 bits per heavy atom. The van der Waals surface area contributed by atoms with E-state index >= 15 is 0 Å². The molecule has 1 saturated heterocycles. The average Bonchev–Trinajstić information content (AvgIpc) is 2.85. The number of hydrogen-bond donors (Lipinski definition) is 2. The molecule has 2 rings (SSSR count). The third-order valence-electron chi connectivity index (χ3n) is 3.72. The molecular weight excluding hydrogens is 288 g/mol. The van der Waals surface area contributed by atoms with Crippen LogP contribution in [0.25, 0.3) is 0 Å². The van der Waals surface area contributed by atoms with Gasteiger partial charge in [-0.05, 0) is 38.4 Å². The maximum atomic E-state index is 9.19. The molecule has 1 aliphatic heterocycles. The lowest BCUT2D eigenvalue weighted by molar-refractivity contribution is 0.301. The quantitative estimate of drug-likeness (QED) is 0.827. The molecule has 1 heterocycles. The molecule has 0 unspecified atom stereocenters. The van der Waals surface area contributed by atoms with Crippen LogP contribution in [0.1, 0.15) is 18.9 Å². The van der Waals surface area contributed by atoms with Crippen molar-refractivity contribution in [2.45, 2.75) is 25.9 Å². The fraction of sp³-hybridized carbons (Fsp3) is 0.600. The van der Waals surface area contributed by atoms with Gasteiger partial charge in [0.25, 0.3) is 10.1 Å². The smallest absolute Gasteiger partial charge is 0.261 e. The molecule has 0 bridgehead atoms. The Bertz CT molecular complexity index is 497. The van der Waals surface area contributed by atoms with Gasteiger partial charge in [-0.2, -0.15) is 8.42 Å². The van der Waals surface area contributed by atoms with E-state index in [1.165, 1.54) is 25.1 Å². The number of benzene rings is 1. The SMILES string of the molecule is CN[C@@H](C)[C@H]1CCN(Cc2ccccc2)C1.CS(=O)(=O)O. The Morgan fingerprint density at radius 3 is 2.48 bits per heavy atom. The predicted octanol–water partition coefficient (Wildman–Crippen LogP) is 1.62. The molecule has 1 aromatic rings. The van der Waals surface area contributed by atoms with Crippen LogP contribution in [0.2, 0.25) is 0 Å². The summed E-state index contributed by atoms with van der Waals surface area (Å²) in [7, 11) is -1.61. The van der Waals surface area contributed by atoms with Gasteiger partial charge in [0, 0.05) is 19.1 Å². The van der Waals surface area contributed by atoms with Gasteiger partial charge in [0.2, 0.25) is 0 Å². The van der Waals surface area contributed by atoms with Crippen molar-refractivity contribution in [2.75, 3.05) is 26.4 Å². The molecule has 0 radical (unpaired) electrons. The van der Waals surface area contributed by atoms with E-state index < -0.39 is 10.1 Å². The molecule has 0 spiro atoms. The van der Waals surface area contributed by atoms with E-state index in [2.05, 4.69) is 54.5 Å². The molecular formula is C15H26N2O3S. The van der Waals surface area contributed by atoms with Crippen LogP contribution in [0.15, 0.2) is 30.3 Å². The van der Waals surface area contributed by atoms with E-state index in [-0.39, 0.29) is 0 Å². The van der Waals surface area contributed by atoms with Crippen molar-refractivity contribution in [1.82, 2.24) is 10.2 Å². The molecule has 120 valence electrons. The number of hydrogen-bond acceptors (Lipinski definition) is 4. The molecule has 2 N–H and O–H groups in total. The second-order valence-electron chi connectivity index (χ2n) is 5.58. The first-order valence-electron chi connectivity index (χ1n) is 7.15. The molecule has 5 nitrogen and oxygen atoms in total. The van der Waals surface area contributed by atoms with E-state index in [0.29, 0.717) is 12.3 Å². The second-order valence-corrected chi connectivity index (χ2v) is 7.05. The molecule has 0 aromatic heterocycles. The summed E-state index contributed by atoms with van der Waals surface area (Å²) >= 11 is 0. The highest BCUT2D eigenvalue weighted by atomic mass is 32.2. The second kappa shape index (κ2) is 8.48. The summed E-state index contributed by atoms with van der Waals surface area (Å²) in [5.74, 6) is 0.814. The average molecular weight is 314 g/mol. The van der Waals surface area contributed by atoms with Crippen molar-refractivity contribution in [3.63, 3.8) is 0 Å². The van der Waals surface area contributed by atoms with Gasteiger partial charge in [0.1, 0.15) is 0 Å². The van der Waals surface area contributed by atoms with Gasteiger partial charge in [-0.15, -0.1) is 0 Å². The molecule has 0 saturated carbocycles. The van der Waals surface area contributed by atoms with Crippen molar-refractivity contribution in [1.29, 1.82) is 0 Å². The van der Waals surface area contributed by atoms with Crippen molar-refractivity contribution < 1.29 is 13.0 Å². The van der Waals surface area contributed by atoms with Crippen molar-refractivity contribution in [2.24, 2.45) is 5.92 Å². The van der Waals surface area contributed by atoms with E-state index in [9.17, 15) is 8.42 Å². The molecule has 2 atom stereocenters. The largest absolute Gasteiger partial charge is 0.317 e. The summed E-state index contributed by atoms with van der Waals surface area (Å²) in [6, 6.07) is 11.4. The highest BCUT2D eigenvalue weighted by Crippen LogP contribution is 2.21. The first-order chi connectivity index (χ1) is 9.79. The molecule has 21 heavy (non-hydrogen) atoms. The van der Waals surface area contributed by atoms with Crippen molar-refractivity contribution in [3.05, 3.63) is 35.9 Å². The monoisotopic (exact) mass is 314 g/mol. The van der Waals surface area contributed by atoms with Gasteiger partial charge >= 0.3 is 0 Å². The van der Waals surface area contributed by atoms with Crippen LogP contribution in [-0.4, -0.2) is 50.3 Å². The number of rotatable bonds is 4. The van der Waals surface area contributed by atoms with Gasteiger partial charge in [-0.25, -0.2) is 0 Å². The van der Waals surface area contributed by atoms with E-state index in [0.717, 1.165) is 12.5 Å². The van der Waals surface area contributed by atoms with Gasteiger partial charge in [0.05, 0.1) is 6.26 Å². The van der Waals surface area contributed by atoms with Crippen LogP contribution in [0.3, 0.4) is 0 Å². The Morgan fingerprint density at radius 1 is 1.38 bits per heavy atom. The van der Waals surface area contributed by atoms with Gasteiger partial charge in [-0.3, -0.25) is 9.45 Å². The predicted molar refractivity (Wildman–Crippen MR) is 85.8 cm³/mol. The fourth-order valence-corrected chi connectivity index (χ4v) is 2.49. The Kier molecular flexibility index (Phi) is 7.31. The number of nitrogens with one attached hydrogen (secondary N) is 1. The highest BCUT2D eigenvalue weighted by molar-refractivity contribution is 7.85. The third kappa shape index (κ3) is 8.16. The van der Waals surface area contributed by atoms with Crippen molar-refractivity contribution >= 4 is 10.1 Å². The van der Waals surface area contributed by atoms with Gasteiger partial charge < -0.3 is 5.32 Å². The first-order valence-corrected chi connectivity index (χ1v) is 9.00. The molecule has 0 aliphatic carbocycles. The van der Waals surface area contributed by atoms with Crippen molar-refractivity contribution in [3.8, 4) is 0 Å². The molecule has 1 aromatic carbocycles. The van der Waals surface area contributed by atoms with Crippen LogP contribution in [-0.2, 0) is 16.7 Å². The zero-order valence-corrected chi connectivity index (χ0v) is 13.8. The Labute approximate surface area is 128 Å². The zero-order valence-electron chi connectivity index (χ0n) is 13.0. The molecule has 0 amide bonds. The summed E-state index contributed by atoms with van der Waals surface area (Å²) in [6.45, 7) is 5.87. The summed E-state index contributed by atoms with van der Waals surface area (Å²) in [5, 5.41) is 3.36. The number of nitrogens with zero attached hydrogens (tertiary/aromatic N) is 1. The lowest BCUT2D eigenvalue weighted by atomic mass is 10.0. The van der Waals surface area contributed by atoms with Crippen LogP contribution < -0.4 is 5.32 Å².